The molecule has 7 heteroatoms. The van der Waals surface area contributed by atoms with Crippen molar-refractivity contribution < 1.29 is 4.79 Å². The standard InChI is InChI=1S/C18H17N5OS/c1-12-6-5-7-13(10-12)19-16(24)11-25-18-21-20-17-22(2)14-8-3-4-9-15(14)23(17)18/h3-10H,11H2,1-2H3,(H,19,24). The number of fused-ring (bicyclic) bond motifs is 3. The number of aromatic nitrogens is 4. The van der Waals surface area contributed by atoms with Crippen LogP contribution in [0.4, 0.5) is 5.69 Å². The van der Waals surface area contributed by atoms with Gasteiger partial charge in [0.1, 0.15) is 0 Å². The molecule has 0 aliphatic rings. The Kier molecular flexibility index (Phi) is 3.93. The van der Waals surface area contributed by atoms with Gasteiger partial charge in [0.25, 0.3) is 0 Å². The molecule has 0 bridgehead atoms. The lowest BCUT2D eigenvalue weighted by molar-refractivity contribution is -0.113. The molecular weight excluding hydrogens is 334 g/mol. The maximum atomic E-state index is 12.2. The number of anilines is 1. The summed E-state index contributed by atoms with van der Waals surface area (Å²) < 4.78 is 3.99. The molecule has 0 unspecified atom stereocenters. The first-order valence-corrected chi connectivity index (χ1v) is 8.90. The number of carbonyl (C=O) groups is 1. The number of nitrogens with one attached hydrogen (secondary N) is 1. The highest BCUT2D eigenvalue weighted by molar-refractivity contribution is 7.99. The fraction of sp³-hybridized carbons (Fsp3) is 0.167. The Hall–Kier alpha value is -2.80. The summed E-state index contributed by atoms with van der Waals surface area (Å²) in [5, 5.41) is 12.1. The van der Waals surface area contributed by atoms with E-state index in [-0.39, 0.29) is 11.7 Å². The Labute approximate surface area is 148 Å². The summed E-state index contributed by atoms with van der Waals surface area (Å²) in [6.45, 7) is 2.00. The molecule has 0 spiro atoms. The molecule has 1 N–H and O–H groups in total. The van der Waals surface area contributed by atoms with Crippen LogP contribution in [0.15, 0.2) is 53.7 Å². The smallest absolute Gasteiger partial charge is 0.236 e. The molecule has 0 radical (unpaired) electrons. The van der Waals surface area contributed by atoms with Gasteiger partial charge in [-0.1, -0.05) is 36.0 Å². The van der Waals surface area contributed by atoms with E-state index in [1.807, 2.05) is 71.5 Å². The molecule has 0 aliphatic heterocycles. The minimum Gasteiger partial charge on any atom is -0.325 e. The van der Waals surface area contributed by atoms with E-state index in [9.17, 15) is 4.79 Å². The zero-order valence-electron chi connectivity index (χ0n) is 13.9. The maximum Gasteiger partial charge on any atom is 0.236 e. The molecular formula is C18H17N5OS. The second-order valence-electron chi connectivity index (χ2n) is 5.87. The summed E-state index contributed by atoms with van der Waals surface area (Å²) in [5.74, 6) is 0.980. The van der Waals surface area contributed by atoms with E-state index in [4.69, 9.17) is 0 Å². The molecule has 2 heterocycles. The van der Waals surface area contributed by atoms with Crippen LogP contribution in [0.2, 0.25) is 0 Å². The molecule has 4 aromatic rings. The van der Waals surface area contributed by atoms with Gasteiger partial charge in [0.2, 0.25) is 11.7 Å². The van der Waals surface area contributed by atoms with Crippen LogP contribution in [0.25, 0.3) is 16.8 Å². The summed E-state index contributed by atoms with van der Waals surface area (Å²) in [6, 6.07) is 15.8. The zero-order chi connectivity index (χ0) is 17.4. The Balaban J connectivity index is 1.55. The van der Waals surface area contributed by atoms with E-state index in [2.05, 4.69) is 15.5 Å². The lowest BCUT2D eigenvalue weighted by Gasteiger charge is -2.05. The lowest BCUT2D eigenvalue weighted by atomic mass is 10.2. The van der Waals surface area contributed by atoms with Crippen LogP contribution >= 0.6 is 11.8 Å². The van der Waals surface area contributed by atoms with Gasteiger partial charge in [-0.25, -0.2) is 0 Å². The predicted molar refractivity (Wildman–Crippen MR) is 100.0 cm³/mol. The SMILES string of the molecule is Cc1cccc(NC(=O)CSc2nnc3n(C)c4ccccc4n23)c1. The van der Waals surface area contributed by atoms with Crippen LogP contribution in [0, 0.1) is 6.92 Å². The average Bonchev–Trinajstić information content (AvgIpc) is 3.14. The number of benzene rings is 2. The highest BCUT2D eigenvalue weighted by Gasteiger charge is 2.15. The quantitative estimate of drug-likeness (QED) is 0.573. The van der Waals surface area contributed by atoms with Crippen molar-refractivity contribution in [3.05, 3.63) is 54.1 Å². The highest BCUT2D eigenvalue weighted by atomic mass is 32.2. The Morgan fingerprint density at radius 1 is 1.12 bits per heavy atom. The van der Waals surface area contributed by atoms with E-state index >= 15 is 0 Å². The van der Waals surface area contributed by atoms with Gasteiger partial charge in [-0.3, -0.25) is 9.20 Å². The van der Waals surface area contributed by atoms with Gasteiger partial charge in [0.15, 0.2) is 5.16 Å². The monoisotopic (exact) mass is 351 g/mol. The molecule has 1 amide bonds. The summed E-state index contributed by atoms with van der Waals surface area (Å²) in [7, 11) is 1.96. The Morgan fingerprint density at radius 3 is 2.72 bits per heavy atom. The van der Waals surface area contributed by atoms with E-state index in [0.717, 1.165) is 28.1 Å². The molecule has 25 heavy (non-hydrogen) atoms. The number of hydrogen-bond acceptors (Lipinski definition) is 4. The van der Waals surface area contributed by atoms with Crippen LogP contribution < -0.4 is 5.32 Å². The van der Waals surface area contributed by atoms with Gasteiger partial charge >= 0.3 is 0 Å². The number of hydrogen-bond donors (Lipinski definition) is 1. The third kappa shape index (κ3) is 2.87. The first-order chi connectivity index (χ1) is 12.1. The van der Waals surface area contributed by atoms with Crippen LogP contribution in [-0.4, -0.2) is 30.8 Å². The number of aryl methyl sites for hydroxylation is 2. The first-order valence-electron chi connectivity index (χ1n) is 7.91. The van der Waals surface area contributed by atoms with Crippen LogP contribution in [0.5, 0.6) is 0 Å². The molecule has 0 saturated heterocycles. The van der Waals surface area contributed by atoms with Crippen LogP contribution in [0.3, 0.4) is 0 Å². The van der Waals surface area contributed by atoms with Crippen molar-refractivity contribution in [2.24, 2.45) is 7.05 Å². The Morgan fingerprint density at radius 2 is 1.92 bits per heavy atom. The largest absolute Gasteiger partial charge is 0.325 e. The fourth-order valence-electron chi connectivity index (χ4n) is 2.88. The zero-order valence-corrected chi connectivity index (χ0v) is 14.7. The summed E-state index contributed by atoms with van der Waals surface area (Å²) >= 11 is 1.38. The number of amides is 1. The number of carbonyl (C=O) groups excluding carboxylic acids is 1. The number of para-hydroxylation sites is 2. The lowest BCUT2D eigenvalue weighted by Crippen LogP contribution is -2.14. The first kappa shape index (κ1) is 15.7. The third-order valence-corrected chi connectivity index (χ3v) is 4.96. The molecule has 2 aromatic heterocycles. The van der Waals surface area contributed by atoms with Gasteiger partial charge < -0.3 is 9.88 Å². The van der Waals surface area contributed by atoms with E-state index in [1.54, 1.807) is 0 Å². The number of imidazole rings is 1. The second-order valence-corrected chi connectivity index (χ2v) is 6.81. The van der Waals surface area contributed by atoms with Crippen molar-refractivity contribution in [2.45, 2.75) is 12.1 Å². The highest BCUT2D eigenvalue weighted by Crippen LogP contribution is 2.25. The Bertz CT molecular complexity index is 1080. The molecule has 0 aliphatic carbocycles. The molecule has 126 valence electrons. The fourth-order valence-corrected chi connectivity index (χ4v) is 3.62. The van der Waals surface area contributed by atoms with Crippen molar-refractivity contribution in [3.8, 4) is 0 Å². The van der Waals surface area contributed by atoms with E-state index < -0.39 is 0 Å². The molecule has 0 saturated carbocycles. The second kappa shape index (κ2) is 6.25. The molecule has 0 atom stereocenters. The van der Waals surface area contributed by atoms with Crippen molar-refractivity contribution in [3.63, 3.8) is 0 Å². The number of rotatable bonds is 4. The number of thioether (sulfide) groups is 1. The van der Waals surface area contributed by atoms with Crippen molar-refractivity contribution in [1.82, 2.24) is 19.2 Å². The average molecular weight is 351 g/mol. The van der Waals surface area contributed by atoms with Crippen LogP contribution in [0.1, 0.15) is 5.56 Å². The maximum absolute atomic E-state index is 12.2. The summed E-state index contributed by atoms with van der Waals surface area (Å²) in [4.78, 5) is 12.2. The molecule has 2 aromatic carbocycles. The number of nitrogens with zero attached hydrogens (tertiary/aromatic N) is 4. The topological polar surface area (TPSA) is 64.2 Å². The molecule has 0 fully saturated rings. The van der Waals surface area contributed by atoms with Gasteiger partial charge in [-0.15, -0.1) is 10.2 Å². The third-order valence-electron chi connectivity index (χ3n) is 4.03. The molecule has 6 nitrogen and oxygen atoms in total. The van der Waals surface area contributed by atoms with E-state index in [1.165, 1.54) is 11.8 Å². The van der Waals surface area contributed by atoms with Crippen molar-refractivity contribution in [1.29, 1.82) is 0 Å². The van der Waals surface area contributed by atoms with Gasteiger partial charge in [-0.05, 0) is 36.8 Å². The predicted octanol–water partition coefficient (Wildman–Crippen LogP) is 3.26. The normalized spacial score (nSPS) is 11.3. The van der Waals surface area contributed by atoms with Gasteiger partial charge in [0.05, 0.1) is 16.8 Å². The molecule has 4 rings (SSSR count). The minimum atomic E-state index is -0.0624. The van der Waals surface area contributed by atoms with Crippen LogP contribution in [-0.2, 0) is 11.8 Å². The summed E-state index contributed by atoms with van der Waals surface area (Å²) in [6.07, 6.45) is 0. The van der Waals surface area contributed by atoms with Crippen molar-refractivity contribution >= 4 is 40.2 Å². The van der Waals surface area contributed by atoms with Gasteiger partial charge in [-0.2, -0.15) is 0 Å². The minimum absolute atomic E-state index is 0.0624. The summed E-state index contributed by atoms with van der Waals surface area (Å²) in [5.41, 5.74) is 4.03. The van der Waals surface area contributed by atoms with Crippen molar-refractivity contribution in [2.75, 3.05) is 11.1 Å². The van der Waals surface area contributed by atoms with E-state index in [0.29, 0.717) is 5.16 Å². The van der Waals surface area contributed by atoms with Gasteiger partial charge in [0, 0.05) is 12.7 Å².